The summed E-state index contributed by atoms with van der Waals surface area (Å²) in [5.41, 5.74) is 4.19. The number of hydrogen-bond acceptors (Lipinski definition) is 5. The second-order valence-electron chi connectivity index (χ2n) is 5.02. The van der Waals surface area contributed by atoms with Crippen LogP contribution in [0.3, 0.4) is 0 Å². The summed E-state index contributed by atoms with van der Waals surface area (Å²) >= 11 is 5.66. The van der Waals surface area contributed by atoms with Crippen LogP contribution < -0.4 is 10.6 Å². The quantitative estimate of drug-likeness (QED) is 0.660. The number of pyridine rings is 1. The summed E-state index contributed by atoms with van der Waals surface area (Å²) in [7, 11) is 1.50. The van der Waals surface area contributed by atoms with E-state index in [-0.39, 0.29) is 12.2 Å². The van der Waals surface area contributed by atoms with Crippen LogP contribution in [-0.4, -0.2) is 17.0 Å². The van der Waals surface area contributed by atoms with E-state index >= 15 is 0 Å². The molecule has 1 heterocycles. The highest BCUT2D eigenvalue weighted by molar-refractivity contribution is 6.31. The molecule has 0 amide bonds. The van der Waals surface area contributed by atoms with Gasteiger partial charge in [-0.2, -0.15) is 13.2 Å². The predicted molar refractivity (Wildman–Crippen MR) is 83.9 cm³/mol. The van der Waals surface area contributed by atoms with Crippen molar-refractivity contribution in [2.45, 2.75) is 12.7 Å². The summed E-state index contributed by atoms with van der Waals surface area (Å²) in [5.74, 6) is 0.310. The number of nitrogens with zero attached hydrogens (tertiary/aromatic N) is 3. The van der Waals surface area contributed by atoms with Crippen molar-refractivity contribution in [1.82, 2.24) is 4.98 Å². The molecular weight excluding hydrogens is 349 g/mol. The Bertz CT molecular complexity index is 766. The van der Waals surface area contributed by atoms with Crippen LogP contribution in [0.4, 0.5) is 30.4 Å². The van der Waals surface area contributed by atoms with E-state index in [2.05, 4.69) is 4.98 Å². The van der Waals surface area contributed by atoms with Gasteiger partial charge in [-0.05, 0) is 17.7 Å². The lowest BCUT2D eigenvalue weighted by molar-refractivity contribution is -0.384. The number of benzene rings is 1. The first-order chi connectivity index (χ1) is 11.1. The molecule has 10 heteroatoms. The Morgan fingerprint density at radius 3 is 2.54 bits per heavy atom. The van der Waals surface area contributed by atoms with Crippen molar-refractivity contribution in [2.75, 3.05) is 17.7 Å². The fourth-order valence-electron chi connectivity index (χ4n) is 2.11. The number of nitro benzene ring substituents is 1. The van der Waals surface area contributed by atoms with Crippen LogP contribution in [0.5, 0.6) is 0 Å². The van der Waals surface area contributed by atoms with Crippen molar-refractivity contribution < 1.29 is 18.1 Å². The lowest BCUT2D eigenvalue weighted by Gasteiger charge is -2.20. The molecule has 24 heavy (non-hydrogen) atoms. The molecule has 0 bridgehead atoms. The van der Waals surface area contributed by atoms with Crippen molar-refractivity contribution in [2.24, 2.45) is 0 Å². The van der Waals surface area contributed by atoms with Crippen molar-refractivity contribution in [3.05, 3.63) is 56.7 Å². The first-order valence-corrected chi connectivity index (χ1v) is 6.94. The molecule has 2 N–H and O–H groups in total. The van der Waals surface area contributed by atoms with Gasteiger partial charge in [-0.15, -0.1) is 0 Å². The van der Waals surface area contributed by atoms with E-state index in [1.807, 2.05) is 0 Å². The third kappa shape index (κ3) is 3.85. The monoisotopic (exact) mass is 360 g/mol. The van der Waals surface area contributed by atoms with E-state index < -0.39 is 27.4 Å². The van der Waals surface area contributed by atoms with Gasteiger partial charge in [0.2, 0.25) is 0 Å². The minimum Gasteiger partial charge on any atom is -0.384 e. The Morgan fingerprint density at radius 2 is 2.04 bits per heavy atom. The first kappa shape index (κ1) is 17.8. The van der Waals surface area contributed by atoms with Crippen LogP contribution >= 0.6 is 11.6 Å². The molecule has 0 aliphatic rings. The maximum absolute atomic E-state index is 12.9. The minimum atomic E-state index is -4.78. The second-order valence-corrected chi connectivity index (χ2v) is 5.43. The molecular formula is C14H12ClF3N4O2. The number of aromatic nitrogens is 1. The van der Waals surface area contributed by atoms with E-state index in [1.54, 1.807) is 12.1 Å². The van der Waals surface area contributed by atoms with Crippen molar-refractivity contribution in [1.29, 1.82) is 0 Å². The minimum absolute atomic E-state index is 0.0326. The van der Waals surface area contributed by atoms with Crippen molar-refractivity contribution in [3.63, 3.8) is 0 Å². The summed E-state index contributed by atoms with van der Waals surface area (Å²) in [6.07, 6.45) is -3.30. The van der Waals surface area contributed by atoms with Gasteiger partial charge >= 0.3 is 6.18 Å². The summed E-state index contributed by atoms with van der Waals surface area (Å²) in [6.45, 7) is 0.176. The maximum Gasteiger partial charge on any atom is 0.418 e. The molecule has 2 aromatic rings. The summed E-state index contributed by atoms with van der Waals surface area (Å²) in [6, 6.07) is 4.59. The van der Waals surface area contributed by atoms with Gasteiger partial charge in [-0.25, -0.2) is 4.98 Å². The first-order valence-electron chi connectivity index (χ1n) is 6.56. The normalized spacial score (nSPS) is 11.4. The van der Waals surface area contributed by atoms with Gasteiger partial charge in [0.15, 0.2) is 0 Å². The number of nitro groups is 1. The zero-order valence-electron chi connectivity index (χ0n) is 12.3. The molecule has 0 aliphatic carbocycles. The summed E-state index contributed by atoms with van der Waals surface area (Å²) in [5, 5.41) is 10.5. The summed E-state index contributed by atoms with van der Waals surface area (Å²) < 4.78 is 38.6. The Labute approximate surface area is 139 Å². The number of anilines is 2. The smallest absolute Gasteiger partial charge is 0.384 e. The van der Waals surface area contributed by atoms with E-state index in [0.717, 1.165) is 6.07 Å². The molecule has 0 radical (unpaired) electrons. The Hall–Kier alpha value is -2.55. The van der Waals surface area contributed by atoms with Crippen LogP contribution in [0.2, 0.25) is 5.02 Å². The molecule has 128 valence electrons. The Kier molecular flexibility index (Phi) is 4.83. The lowest BCUT2D eigenvalue weighted by Crippen LogP contribution is -2.19. The number of hydrogen-bond donors (Lipinski definition) is 1. The van der Waals surface area contributed by atoms with E-state index in [4.69, 9.17) is 17.3 Å². The molecule has 2 rings (SSSR count). The second kappa shape index (κ2) is 6.52. The molecule has 0 atom stereocenters. The zero-order chi connectivity index (χ0) is 18.1. The average Bonchev–Trinajstić information content (AvgIpc) is 2.47. The highest BCUT2D eigenvalue weighted by Gasteiger charge is 2.36. The number of alkyl halides is 3. The Balaban J connectivity index is 2.43. The van der Waals surface area contributed by atoms with Gasteiger partial charge < -0.3 is 10.6 Å². The highest BCUT2D eigenvalue weighted by Crippen LogP contribution is 2.41. The van der Waals surface area contributed by atoms with Crippen LogP contribution in [0.1, 0.15) is 11.1 Å². The number of halogens is 4. The number of nitrogen functional groups attached to an aromatic ring is 1. The third-order valence-corrected chi connectivity index (χ3v) is 3.56. The Morgan fingerprint density at radius 1 is 1.38 bits per heavy atom. The molecule has 0 saturated heterocycles. The fourth-order valence-corrected chi connectivity index (χ4v) is 2.37. The molecule has 6 nitrogen and oxygen atoms in total. The van der Waals surface area contributed by atoms with Crippen LogP contribution in [0.15, 0.2) is 30.5 Å². The molecule has 1 aromatic heterocycles. The highest BCUT2D eigenvalue weighted by atomic mass is 35.5. The van der Waals surface area contributed by atoms with E-state index in [9.17, 15) is 23.3 Å². The molecule has 1 aromatic carbocycles. The van der Waals surface area contributed by atoms with Crippen molar-refractivity contribution >= 4 is 28.8 Å². The van der Waals surface area contributed by atoms with E-state index in [0.29, 0.717) is 17.4 Å². The van der Waals surface area contributed by atoms with Gasteiger partial charge in [0.05, 0.1) is 15.5 Å². The van der Waals surface area contributed by atoms with Gasteiger partial charge in [0.25, 0.3) is 5.69 Å². The standard InChI is InChI=1S/C14H12ClF3N4O2/c1-21(7-8-2-3-13(19)20-6-8)11-5-10(15)9(14(16,17)18)4-12(11)22(23)24/h2-6H,7H2,1H3,(H2,19,20). The SMILES string of the molecule is CN(Cc1ccc(N)nc1)c1cc(Cl)c(C(F)(F)F)cc1[N+](=O)[O-]. The van der Waals surface area contributed by atoms with Gasteiger partial charge in [-0.3, -0.25) is 10.1 Å². The molecule has 0 unspecified atom stereocenters. The topological polar surface area (TPSA) is 85.3 Å². The van der Waals surface area contributed by atoms with Crippen molar-refractivity contribution in [3.8, 4) is 0 Å². The molecule has 0 aliphatic heterocycles. The van der Waals surface area contributed by atoms with Crippen LogP contribution in [-0.2, 0) is 12.7 Å². The zero-order valence-corrected chi connectivity index (χ0v) is 13.1. The number of nitrogens with two attached hydrogens (primary N) is 1. The molecule has 0 saturated carbocycles. The lowest BCUT2D eigenvalue weighted by atomic mass is 10.1. The van der Waals surface area contributed by atoms with Crippen LogP contribution in [0.25, 0.3) is 0 Å². The predicted octanol–water partition coefficient (Wildman–Crippen LogP) is 3.88. The van der Waals surface area contributed by atoms with Gasteiger partial charge in [-0.1, -0.05) is 17.7 Å². The van der Waals surface area contributed by atoms with E-state index in [1.165, 1.54) is 18.1 Å². The van der Waals surface area contributed by atoms with Crippen LogP contribution in [0, 0.1) is 10.1 Å². The maximum atomic E-state index is 12.9. The third-order valence-electron chi connectivity index (χ3n) is 3.24. The number of rotatable bonds is 4. The largest absolute Gasteiger partial charge is 0.418 e. The van der Waals surface area contributed by atoms with Gasteiger partial charge in [0, 0.05) is 25.9 Å². The van der Waals surface area contributed by atoms with Gasteiger partial charge in [0.1, 0.15) is 11.5 Å². The molecule has 0 spiro atoms. The molecule has 0 fully saturated rings. The average molecular weight is 361 g/mol. The fraction of sp³-hybridized carbons (Fsp3) is 0.214. The summed E-state index contributed by atoms with van der Waals surface area (Å²) in [4.78, 5) is 15.6.